The Morgan fingerprint density at radius 3 is 2.08 bits per heavy atom. The van der Waals surface area contributed by atoms with Crippen molar-refractivity contribution in [1.82, 2.24) is 5.32 Å². The second-order valence-electron chi connectivity index (χ2n) is 6.96. The summed E-state index contributed by atoms with van der Waals surface area (Å²) in [6, 6.07) is 15.6. The number of fused-ring (bicyclic) bond motifs is 3. The minimum atomic E-state index is -0.729. The summed E-state index contributed by atoms with van der Waals surface area (Å²) in [6.45, 7) is 4.14. The largest absolute Gasteiger partial charge is 0.449 e. The van der Waals surface area contributed by atoms with Crippen LogP contribution in [0.25, 0.3) is 11.1 Å². The van der Waals surface area contributed by atoms with E-state index in [1.165, 1.54) is 11.1 Å². The van der Waals surface area contributed by atoms with Crippen LogP contribution >= 0.6 is 11.6 Å². The van der Waals surface area contributed by atoms with Gasteiger partial charge in [-0.05, 0) is 46.2 Å². The molecule has 1 aliphatic carbocycles. The summed E-state index contributed by atoms with van der Waals surface area (Å²) in [6.07, 6.45) is -0.140. The maximum Gasteiger partial charge on any atom is 0.407 e. The molecule has 1 atom stereocenters. The molecule has 136 valence electrons. The fourth-order valence-corrected chi connectivity index (χ4v) is 3.61. The zero-order valence-electron chi connectivity index (χ0n) is 14.9. The van der Waals surface area contributed by atoms with E-state index in [0.717, 1.165) is 11.1 Å². The second-order valence-corrected chi connectivity index (χ2v) is 7.33. The number of rotatable bonds is 6. The van der Waals surface area contributed by atoms with E-state index in [1.54, 1.807) is 0 Å². The minimum Gasteiger partial charge on any atom is -0.449 e. The first-order valence-electron chi connectivity index (χ1n) is 8.78. The molecule has 3 rings (SSSR count). The molecule has 0 fully saturated rings. The fraction of sp³-hybridized carbons (Fsp3) is 0.333. The average Bonchev–Trinajstić information content (AvgIpc) is 2.93. The molecule has 0 saturated heterocycles. The van der Waals surface area contributed by atoms with Crippen LogP contribution in [0, 0.1) is 5.92 Å². The Bertz CT molecular complexity index is 773. The SMILES string of the molecule is CC(C)CC(NC(=O)OCC1c2ccccc2-c2ccccc21)C(=O)Cl. The molecular weight excluding hydrogens is 350 g/mol. The van der Waals surface area contributed by atoms with Gasteiger partial charge in [-0.15, -0.1) is 0 Å². The lowest BCUT2D eigenvalue weighted by Crippen LogP contribution is -2.40. The molecule has 0 saturated carbocycles. The van der Waals surface area contributed by atoms with Crippen LogP contribution in [0.15, 0.2) is 48.5 Å². The molecule has 5 heteroatoms. The van der Waals surface area contributed by atoms with Crippen LogP contribution in [0.2, 0.25) is 0 Å². The molecule has 1 N–H and O–H groups in total. The monoisotopic (exact) mass is 371 g/mol. The Balaban J connectivity index is 1.70. The van der Waals surface area contributed by atoms with Gasteiger partial charge in [0, 0.05) is 5.92 Å². The molecule has 1 amide bonds. The van der Waals surface area contributed by atoms with Gasteiger partial charge in [0.05, 0.1) is 0 Å². The first-order chi connectivity index (χ1) is 12.5. The van der Waals surface area contributed by atoms with E-state index in [4.69, 9.17) is 16.3 Å². The van der Waals surface area contributed by atoms with Gasteiger partial charge in [-0.25, -0.2) is 4.79 Å². The van der Waals surface area contributed by atoms with Crippen molar-refractivity contribution in [2.45, 2.75) is 32.2 Å². The summed E-state index contributed by atoms with van der Waals surface area (Å²) in [5, 5.41) is 2.00. The number of carbonyl (C=O) groups is 2. The molecule has 0 bridgehead atoms. The lowest BCUT2D eigenvalue weighted by atomic mass is 9.98. The lowest BCUT2D eigenvalue weighted by Gasteiger charge is -2.18. The number of halogens is 1. The summed E-state index contributed by atoms with van der Waals surface area (Å²) in [4.78, 5) is 23.7. The first kappa shape index (κ1) is 18.5. The molecule has 1 unspecified atom stereocenters. The molecule has 0 radical (unpaired) electrons. The predicted molar refractivity (Wildman–Crippen MR) is 102 cm³/mol. The fourth-order valence-electron chi connectivity index (χ4n) is 3.46. The van der Waals surface area contributed by atoms with E-state index in [2.05, 4.69) is 29.6 Å². The standard InChI is InChI=1S/C21H22ClNO3/c1-13(2)11-19(20(22)24)23-21(25)26-12-18-16-9-5-3-7-14(16)15-8-4-6-10-17(15)18/h3-10,13,18-19H,11-12H2,1-2H3,(H,23,25). The summed E-state index contributed by atoms with van der Waals surface area (Å²) >= 11 is 5.58. The molecular formula is C21H22ClNO3. The highest BCUT2D eigenvalue weighted by molar-refractivity contribution is 6.64. The van der Waals surface area contributed by atoms with Gasteiger partial charge in [0.25, 0.3) is 0 Å². The van der Waals surface area contributed by atoms with Crippen LogP contribution < -0.4 is 5.32 Å². The maximum atomic E-state index is 12.2. The Hall–Kier alpha value is -2.33. The molecule has 0 aliphatic heterocycles. The zero-order chi connectivity index (χ0) is 18.7. The van der Waals surface area contributed by atoms with E-state index >= 15 is 0 Å². The number of benzene rings is 2. The van der Waals surface area contributed by atoms with Crippen LogP contribution in [0.3, 0.4) is 0 Å². The highest BCUT2D eigenvalue weighted by atomic mass is 35.5. The maximum absolute atomic E-state index is 12.2. The normalized spacial score (nSPS) is 13.8. The number of ether oxygens (including phenoxy) is 1. The third-order valence-corrected chi connectivity index (χ3v) is 4.88. The zero-order valence-corrected chi connectivity index (χ0v) is 15.6. The van der Waals surface area contributed by atoms with Crippen LogP contribution in [-0.2, 0) is 9.53 Å². The average molecular weight is 372 g/mol. The number of nitrogens with one attached hydrogen (secondary N) is 1. The van der Waals surface area contributed by atoms with Gasteiger partial charge in [-0.2, -0.15) is 0 Å². The Kier molecular flexibility index (Phi) is 5.62. The first-order valence-corrected chi connectivity index (χ1v) is 9.16. The Labute approximate surface area is 158 Å². The van der Waals surface area contributed by atoms with Gasteiger partial charge in [0.15, 0.2) is 0 Å². The summed E-state index contributed by atoms with van der Waals surface area (Å²) in [5.41, 5.74) is 4.64. The van der Waals surface area contributed by atoms with Crippen molar-refractivity contribution in [2.75, 3.05) is 6.61 Å². The molecule has 0 spiro atoms. The highest BCUT2D eigenvalue weighted by Crippen LogP contribution is 2.44. The van der Waals surface area contributed by atoms with Crippen molar-refractivity contribution in [3.8, 4) is 11.1 Å². The van der Waals surface area contributed by atoms with Crippen molar-refractivity contribution in [2.24, 2.45) is 5.92 Å². The van der Waals surface area contributed by atoms with E-state index in [9.17, 15) is 9.59 Å². The number of hydrogen-bond donors (Lipinski definition) is 1. The summed E-state index contributed by atoms with van der Waals surface area (Å²) in [5.74, 6) is 0.222. The van der Waals surface area contributed by atoms with Gasteiger partial charge < -0.3 is 10.1 Å². The third-order valence-electron chi connectivity index (χ3n) is 4.62. The van der Waals surface area contributed by atoms with Crippen LogP contribution in [0.4, 0.5) is 4.79 Å². The van der Waals surface area contributed by atoms with Gasteiger partial charge in [0.2, 0.25) is 5.24 Å². The Morgan fingerprint density at radius 1 is 1.04 bits per heavy atom. The quantitative estimate of drug-likeness (QED) is 0.748. The predicted octanol–water partition coefficient (Wildman–Crippen LogP) is 4.71. The molecule has 26 heavy (non-hydrogen) atoms. The van der Waals surface area contributed by atoms with Gasteiger partial charge in [-0.3, -0.25) is 4.79 Å². The van der Waals surface area contributed by atoms with E-state index in [1.807, 2.05) is 38.1 Å². The number of alkyl carbamates (subject to hydrolysis) is 1. The molecule has 2 aromatic carbocycles. The Morgan fingerprint density at radius 2 is 1.58 bits per heavy atom. The van der Waals surface area contributed by atoms with E-state index in [-0.39, 0.29) is 18.4 Å². The molecule has 2 aromatic rings. The van der Waals surface area contributed by atoms with Crippen molar-refractivity contribution >= 4 is 22.9 Å². The smallest absolute Gasteiger partial charge is 0.407 e. The van der Waals surface area contributed by atoms with Gasteiger partial charge >= 0.3 is 6.09 Å². The molecule has 0 aromatic heterocycles. The summed E-state index contributed by atoms with van der Waals surface area (Å²) in [7, 11) is 0. The van der Waals surface area contributed by atoms with Crippen molar-refractivity contribution in [1.29, 1.82) is 0 Å². The van der Waals surface area contributed by atoms with E-state index in [0.29, 0.717) is 6.42 Å². The van der Waals surface area contributed by atoms with Crippen molar-refractivity contribution in [3.63, 3.8) is 0 Å². The van der Waals surface area contributed by atoms with Crippen LogP contribution in [-0.4, -0.2) is 24.0 Å². The van der Waals surface area contributed by atoms with Gasteiger partial charge in [-0.1, -0.05) is 62.4 Å². The second kappa shape index (κ2) is 7.92. The minimum absolute atomic E-state index is 0.0107. The topological polar surface area (TPSA) is 55.4 Å². The van der Waals surface area contributed by atoms with Crippen molar-refractivity contribution < 1.29 is 14.3 Å². The van der Waals surface area contributed by atoms with Crippen LogP contribution in [0.1, 0.15) is 37.3 Å². The van der Waals surface area contributed by atoms with Gasteiger partial charge in [0.1, 0.15) is 12.6 Å². The number of carbonyl (C=O) groups excluding carboxylic acids is 2. The number of amides is 1. The van der Waals surface area contributed by atoms with Crippen molar-refractivity contribution in [3.05, 3.63) is 59.7 Å². The highest BCUT2D eigenvalue weighted by Gasteiger charge is 2.29. The lowest BCUT2D eigenvalue weighted by molar-refractivity contribution is -0.113. The summed E-state index contributed by atoms with van der Waals surface area (Å²) < 4.78 is 5.44. The number of hydrogen-bond acceptors (Lipinski definition) is 3. The molecule has 4 nitrogen and oxygen atoms in total. The van der Waals surface area contributed by atoms with E-state index < -0.39 is 17.4 Å². The third kappa shape index (κ3) is 3.91. The molecule has 1 aliphatic rings. The van der Waals surface area contributed by atoms with Crippen LogP contribution in [0.5, 0.6) is 0 Å². The molecule has 0 heterocycles.